The van der Waals surface area contributed by atoms with Crippen molar-refractivity contribution in [2.75, 3.05) is 0 Å². The maximum Gasteiger partial charge on any atom is 0.0441 e. The Morgan fingerprint density at radius 2 is 1.74 bits per heavy atom. The van der Waals surface area contributed by atoms with Gasteiger partial charge in [0.2, 0.25) is 0 Å². The fourth-order valence-electron chi connectivity index (χ4n) is 2.14. The summed E-state index contributed by atoms with van der Waals surface area (Å²) in [6.45, 7) is 3.00. The molecule has 3 rings (SSSR count). The van der Waals surface area contributed by atoms with Gasteiger partial charge in [-0.3, -0.25) is 0 Å². The molecule has 0 heterocycles. The lowest BCUT2D eigenvalue weighted by atomic mass is 10.0. The van der Waals surface area contributed by atoms with E-state index in [0.717, 1.165) is 23.2 Å². The molecule has 1 aliphatic rings. The molecule has 0 radical (unpaired) electrons. The largest absolute Gasteiger partial charge is 0.310 e. The lowest BCUT2D eigenvalue weighted by Crippen LogP contribution is -2.14. The normalized spacial score (nSPS) is 14.6. The minimum atomic E-state index is 0.760. The van der Waals surface area contributed by atoms with Gasteiger partial charge < -0.3 is 5.32 Å². The first-order valence-corrected chi connectivity index (χ1v) is 7.19. The Balaban J connectivity index is 1.74. The molecule has 0 aromatic heterocycles. The summed E-state index contributed by atoms with van der Waals surface area (Å²) >= 11 is 6.18. The third kappa shape index (κ3) is 3.17. The zero-order valence-electron chi connectivity index (χ0n) is 11.1. The summed E-state index contributed by atoms with van der Waals surface area (Å²) in [6, 6.07) is 15.7. The van der Waals surface area contributed by atoms with Crippen molar-refractivity contribution in [3.05, 3.63) is 58.6 Å². The molecule has 1 aliphatic carbocycles. The van der Waals surface area contributed by atoms with Crippen molar-refractivity contribution in [1.29, 1.82) is 0 Å². The van der Waals surface area contributed by atoms with Crippen molar-refractivity contribution < 1.29 is 0 Å². The summed E-state index contributed by atoms with van der Waals surface area (Å²) in [5, 5.41) is 4.36. The lowest BCUT2D eigenvalue weighted by molar-refractivity contribution is 0.688. The van der Waals surface area contributed by atoms with E-state index < -0.39 is 0 Å². The molecule has 1 saturated carbocycles. The van der Waals surface area contributed by atoms with Gasteiger partial charge in [0, 0.05) is 17.6 Å². The van der Waals surface area contributed by atoms with Crippen LogP contribution in [0.5, 0.6) is 0 Å². The van der Waals surface area contributed by atoms with E-state index in [1.54, 1.807) is 0 Å². The molecule has 2 aromatic rings. The number of halogens is 1. The number of hydrogen-bond donors (Lipinski definition) is 1. The molecule has 0 bridgehead atoms. The van der Waals surface area contributed by atoms with Crippen LogP contribution in [0.15, 0.2) is 42.5 Å². The van der Waals surface area contributed by atoms with Gasteiger partial charge in [0.25, 0.3) is 0 Å². The molecule has 2 aromatic carbocycles. The Morgan fingerprint density at radius 3 is 2.37 bits per heavy atom. The second-order valence-corrected chi connectivity index (χ2v) is 5.72. The molecule has 0 atom stereocenters. The highest BCUT2D eigenvalue weighted by Gasteiger charge is 2.19. The van der Waals surface area contributed by atoms with Gasteiger partial charge in [-0.2, -0.15) is 0 Å². The number of hydrogen-bond acceptors (Lipinski definition) is 1. The summed E-state index contributed by atoms with van der Waals surface area (Å²) < 4.78 is 0. The number of benzene rings is 2. The maximum atomic E-state index is 6.18. The SMILES string of the molecule is Cc1ccc(-c2ccc(CNC3CC3)cc2)cc1Cl. The van der Waals surface area contributed by atoms with Crippen molar-refractivity contribution in [2.45, 2.75) is 32.4 Å². The molecule has 1 fully saturated rings. The Labute approximate surface area is 119 Å². The van der Waals surface area contributed by atoms with Crippen molar-refractivity contribution in [3.63, 3.8) is 0 Å². The number of nitrogens with one attached hydrogen (secondary N) is 1. The Hall–Kier alpha value is -1.31. The molecule has 0 spiro atoms. The van der Waals surface area contributed by atoms with E-state index in [9.17, 15) is 0 Å². The molecule has 1 nitrogen and oxygen atoms in total. The molecule has 0 aliphatic heterocycles. The van der Waals surface area contributed by atoms with Crippen LogP contribution >= 0.6 is 11.6 Å². The van der Waals surface area contributed by atoms with Gasteiger partial charge in [0.15, 0.2) is 0 Å². The van der Waals surface area contributed by atoms with Crippen LogP contribution in [0.3, 0.4) is 0 Å². The van der Waals surface area contributed by atoms with Gasteiger partial charge in [-0.25, -0.2) is 0 Å². The highest BCUT2D eigenvalue weighted by atomic mass is 35.5. The van der Waals surface area contributed by atoms with Crippen LogP contribution in [0.1, 0.15) is 24.0 Å². The zero-order valence-corrected chi connectivity index (χ0v) is 11.9. The van der Waals surface area contributed by atoms with Gasteiger partial charge in [-0.15, -0.1) is 0 Å². The zero-order chi connectivity index (χ0) is 13.2. The van der Waals surface area contributed by atoms with Crippen molar-refractivity contribution in [2.24, 2.45) is 0 Å². The first-order chi connectivity index (χ1) is 9.22. The first-order valence-electron chi connectivity index (χ1n) is 6.81. The van der Waals surface area contributed by atoms with Crippen LogP contribution in [0.25, 0.3) is 11.1 Å². The van der Waals surface area contributed by atoms with Gasteiger partial charge >= 0.3 is 0 Å². The quantitative estimate of drug-likeness (QED) is 0.859. The number of rotatable bonds is 4. The topological polar surface area (TPSA) is 12.0 Å². The predicted molar refractivity (Wildman–Crippen MR) is 81.5 cm³/mol. The third-order valence-corrected chi connectivity index (χ3v) is 4.04. The Bertz CT molecular complexity index is 570. The highest BCUT2D eigenvalue weighted by Crippen LogP contribution is 2.26. The van der Waals surface area contributed by atoms with Crippen LogP contribution in [0.2, 0.25) is 5.02 Å². The smallest absolute Gasteiger partial charge is 0.0441 e. The fraction of sp³-hybridized carbons (Fsp3) is 0.294. The fourth-order valence-corrected chi connectivity index (χ4v) is 2.32. The maximum absolute atomic E-state index is 6.18. The van der Waals surface area contributed by atoms with Crippen LogP contribution in [-0.4, -0.2) is 6.04 Å². The van der Waals surface area contributed by atoms with E-state index in [2.05, 4.69) is 41.7 Å². The molecule has 2 heteroatoms. The molecule has 1 N–H and O–H groups in total. The van der Waals surface area contributed by atoms with Crippen LogP contribution in [0, 0.1) is 6.92 Å². The van der Waals surface area contributed by atoms with E-state index in [1.807, 2.05) is 13.0 Å². The summed E-state index contributed by atoms with van der Waals surface area (Å²) in [5.41, 5.74) is 4.86. The van der Waals surface area contributed by atoms with Gasteiger partial charge in [0.1, 0.15) is 0 Å². The van der Waals surface area contributed by atoms with Crippen molar-refractivity contribution in [3.8, 4) is 11.1 Å². The predicted octanol–water partition coefficient (Wildman–Crippen LogP) is 4.57. The minimum absolute atomic E-state index is 0.760. The Morgan fingerprint density at radius 1 is 1.05 bits per heavy atom. The van der Waals surface area contributed by atoms with E-state index in [1.165, 1.54) is 29.5 Å². The standard InChI is InChI=1S/C17H18ClN/c1-12-2-5-15(10-17(12)18)14-6-3-13(4-7-14)11-19-16-8-9-16/h2-7,10,16,19H,8-9,11H2,1H3. The van der Waals surface area contributed by atoms with Gasteiger partial charge in [-0.05, 0) is 48.1 Å². The molecular weight excluding hydrogens is 254 g/mol. The average Bonchev–Trinajstić information content (AvgIpc) is 3.24. The Kier molecular flexibility index (Phi) is 3.58. The highest BCUT2D eigenvalue weighted by molar-refractivity contribution is 6.31. The summed E-state index contributed by atoms with van der Waals surface area (Å²) in [4.78, 5) is 0. The molecule has 19 heavy (non-hydrogen) atoms. The summed E-state index contributed by atoms with van der Waals surface area (Å²) in [7, 11) is 0. The van der Waals surface area contributed by atoms with E-state index >= 15 is 0 Å². The van der Waals surface area contributed by atoms with E-state index in [-0.39, 0.29) is 0 Å². The minimum Gasteiger partial charge on any atom is -0.310 e. The lowest BCUT2D eigenvalue weighted by Gasteiger charge is -2.07. The molecule has 0 amide bonds. The first kappa shape index (κ1) is 12.7. The number of aryl methyl sites for hydroxylation is 1. The third-order valence-electron chi connectivity index (χ3n) is 3.63. The van der Waals surface area contributed by atoms with Gasteiger partial charge in [0.05, 0.1) is 0 Å². The molecule has 98 valence electrons. The second kappa shape index (κ2) is 5.36. The monoisotopic (exact) mass is 271 g/mol. The van der Waals surface area contributed by atoms with Crippen molar-refractivity contribution in [1.82, 2.24) is 5.32 Å². The van der Waals surface area contributed by atoms with E-state index in [0.29, 0.717) is 0 Å². The van der Waals surface area contributed by atoms with Crippen LogP contribution in [0.4, 0.5) is 0 Å². The summed E-state index contributed by atoms with van der Waals surface area (Å²) in [6.07, 6.45) is 2.67. The molecular formula is C17H18ClN. The second-order valence-electron chi connectivity index (χ2n) is 5.32. The van der Waals surface area contributed by atoms with Crippen molar-refractivity contribution >= 4 is 11.6 Å². The molecule has 0 saturated heterocycles. The molecule has 0 unspecified atom stereocenters. The summed E-state index contributed by atoms with van der Waals surface area (Å²) in [5.74, 6) is 0. The van der Waals surface area contributed by atoms with E-state index in [4.69, 9.17) is 11.6 Å². The van der Waals surface area contributed by atoms with Crippen LogP contribution in [-0.2, 0) is 6.54 Å². The average molecular weight is 272 g/mol. The van der Waals surface area contributed by atoms with Gasteiger partial charge in [-0.1, -0.05) is 48.0 Å². The van der Waals surface area contributed by atoms with Crippen LogP contribution < -0.4 is 5.32 Å².